The van der Waals surface area contributed by atoms with Crippen LogP contribution >= 0.6 is 0 Å². The molecule has 0 spiro atoms. The van der Waals surface area contributed by atoms with Gasteiger partial charge in [-0.05, 0) is 19.3 Å². The van der Waals surface area contributed by atoms with Crippen LogP contribution in [0.3, 0.4) is 0 Å². The second-order valence-electron chi connectivity index (χ2n) is 3.50. The van der Waals surface area contributed by atoms with Crippen molar-refractivity contribution in [2.75, 3.05) is 6.61 Å². The van der Waals surface area contributed by atoms with Gasteiger partial charge in [-0.25, -0.2) is 0 Å². The van der Waals surface area contributed by atoms with Crippen LogP contribution in [0.5, 0.6) is 0 Å². The van der Waals surface area contributed by atoms with Crippen LogP contribution in [0.15, 0.2) is 0 Å². The van der Waals surface area contributed by atoms with Crippen molar-refractivity contribution < 1.29 is 9.53 Å². The fraction of sp³-hybridized carbons (Fsp3) is 0.909. The summed E-state index contributed by atoms with van der Waals surface area (Å²) in [5.41, 5.74) is 0. The van der Waals surface area contributed by atoms with Gasteiger partial charge in [0.25, 0.3) is 0 Å². The van der Waals surface area contributed by atoms with Crippen molar-refractivity contribution in [1.29, 1.82) is 0 Å². The second-order valence-corrected chi connectivity index (χ2v) is 3.50. The predicted octanol–water partition coefficient (Wildman–Crippen LogP) is 3.01. The monoisotopic (exact) mass is 186 g/mol. The van der Waals surface area contributed by atoms with Crippen LogP contribution in [-0.4, -0.2) is 12.6 Å². The molecule has 2 heteroatoms. The van der Waals surface area contributed by atoms with Crippen molar-refractivity contribution in [2.45, 2.75) is 47.0 Å². The molecule has 0 aliphatic heterocycles. The Morgan fingerprint density at radius 2 is 1.92 bits per heavy atom. The lowest BCUT2D eigenvalue weighted by molar-refractivity contribution is -0.149. The molecule has 0 saturated carbocycles. The van der Waals surface area contributed by atoms with Gasteiger partial charge in [0.1, 0.15) is 0 Å². The maximum absolute atomic E-state index is 11.4. The number of rotatable bonds is 6. The lowest BCUT2D eigenvalue weighted by atomic mass is 9.88. The minimum atomic E-state index is -0.0391. The van der Waals surface area contributed by atoms with Crippen molar-refractivity contribution in [3.05, 3.63) is 0 Å². The zero-order valence-corrected chi connectivity index (χ0v) is 9.30. The number of hydrogen-bond acceptors (Lipinski definition) is 2. The van der Waals surface area contributed by atoms with Gasteiger partial charge in [0.05, 0.1) is 12.5 Å². The van der Waals surface area contributed by atoms with Gasteiger partial charge in [0, 0.05) is 0 Å². The van der Waals surface area contributed by atoms with E-state index in [-0.39, 0.29) is 11.9 Å². The van der Waals surface area contributed by atoms with E-state index in [2.05, 4.69) is 13.8 Å². The molecule has 2 nitrogen and oxygen atoms in total. The second kappa shape index (κ2) is 6.93. The summed E-state index contributed by atoms with van der Waals surface area (Å²) in [5, 5.41) is 0. The topological polar surface area (TPSA) is 26.3 Å². The number of carbonyl (C=O) groups excluding carboxylic acids is 1. The molecule has 78 valence electrons. The van der Waals surface area contributed by atoms with Gasteiger partial charge in [-0.1, -0.05) is 33.6 Å². The summed E-state index contributed by atoms with van der Waals surface area (Å²) < 4.78 is 4.99. The van der Waals surface area contributed by atoms with Gasteiger partial charge in [0.2, 0.25) is 0 Å². The van der Waals surface area contributed by atoms with Crippen LogP contribution in [0.4, 0.5) is 0 Å². The third-order valence-electron chi connectivity index (χ3n) is 2.55. The van der Waals surface area contributed by atoms with Gasteiger partial charge in [-0.3, -0.25) is 4.79 Å². The van der Waals surface area contributed by atoms with Crippen LogP contribution in [0, 0.1) is 11.8 Å². The first-order valence-corrected chi connectivity index (χ1v) is 5.33. The molecule has 13 heavy (non-hydrogen) atoms. The Labute approximate surface area is 81.7 Å². The molecule has 0 heterocycles. The molecule has 0 aromatic heterocycles. The smallest absolute Gasteiger partial charge is 0.308 e. The summed E-state index contributed by atoms with van der Waals surface area (Å²) >= 11 is 0. The average Bonchev–Trinajstić information content (AvgIpc) is 2.13. The van der Waals surface area contributed by atoms with E-state index in [4.69, 9.17) is 4.74 Å². The largest absolute Gasteiger partial charge is 0.466 e. The van der Waals surface area contributed by atoms with Gasteiger partial charge in [-0.2, -0.15) is 0 Å². The maximum atomic E-state index is 11.4. The quantitative estimate of drug-likeness (QED) is 0.596. The summed E-state index contributed by atoms with van der Waals surface area (Å²) in [7, 11) is 0. The Balaban J connectivity index is 4.02. The van der Waals surface area contributed by atoms with Crippen molar-refractivity contribution in [1.82, 2.24) is 0 Å². The lowest BCUT2D eigenvalue weighted by Crippen LogP contribution is -2.22. The molecule has 0 aliphatic rings. The minimum Gasteiger partial charge on any atom is -0.466 e. The first kappa shape index (κ1) is 12.5. The van der Waals surface area contributed by atoms with E-state index in [1.54, 1.807) is 0 Å². The van der Waals surface area contributed by atoms with E-state index >= 15 is 0 Å². The summed E-state index contributed by atoms with van der Waals surface area (Å²) in [6, 6.07) is 0. The van der Waals surface area contributed by atoms with Crippen LogP contribution in [0.2, 0.25) is 0 Å². The summed E-state index contributed by atoms with van der Waals surface area (Å²) in [4.78, 5) is 11.4. The Morgan fingerprint density at radius 3 is 2.31 bits per heavy atom. The first-order chi connectivity index (χ1) is 6.17. The van der Waals surface area contributed by atoms with E-state index in [9.17, 15) is 4.79 Å². The summed E-state index contributed by atoms with van der Waals surface area (Å²) in [5.74, 6) is 0.511. The molecule has 2 unspecified atom stereocenters. The Morgan fingerprint density at radius 1 is 1.31 bits per heavy atom. The molecule has 0 N–H and O–H groups in total. The highest BCUT2D eigenvalue weighted by atomic mass is 16.5. The molecule has 0 bridgehead atoms. The number of carbonyl (C=O) groups is 1. The van der Waals surface area contributed by atoms with Gasteiger partial charge in [0.15, 0.2) is 0 Å². The number of hydrogen-bond donors (Lipinski definition) is 0. The van der Waals surface area contributed by atoms with E-state index in [0.717, 1.165) is 19.3 Å². The van der Waals surface area contributed by atoms with Crippen LogP contribution in [0.1, 0.15) is 47.0 Å². The highest BCUT2D eigenvalue weighted by Gasteiger charge is 2.22. The molecule has 0 amide bonds. The molecule has 0 saturated heterocycles. The van der Waals surface area contributed by atoms with Gasteiger partial charge in [-0.15, -0.1) is 0 Å². The minimum absolute atomic E-state index is 0.0391. The SMILES string of the molecule is CCCC(CC)C(C)C(=O)OCC. The molecular formula is C11H22O2. The average molecular weight is 186 g/mol. The standard InChI is InChI=1S/C11H22O2/c1-5-8-10(6-2)9(4)11(12)13-7-3/h9-10H,5-8H2,1-4H3. The highest BCUT2D eigenvalue weighted by molar-refractivity contribution is 5.72. The number of esters is 1. The lowest BCUT2D eigenvalue weighted by Gasteiger charge is -2.20. The Kier molecular flexibility index (Phi) is 6.65. The molecule has 0 aromatic carbocycles. The van der Waals surface area contributed by atoms with E-state index < -0.39 is 0 Å². The molecule has 0 radical (unpaired) electrons. The normalized spacial score (nSPS) is 15.1. The molecule has 2 atom stereocenters. The fourth-order valence-corrected chi connectivity index (χ4v) is 1.64. The molecule has 0 rings (SSSR count). The molecule has 0 aromatic rings. The van der Waals surface area contributed by atoms with Gasteiger partial charge < -0.3 is 4.74 Å². The molecular weight excluding hydrogens is 164 g/mol. The Bertz CT molecular complexity index is 143. The predicted molar refractivity (Wildman–Crippen MR) is 54.5 cm³/mol. The van der Waals surface area contributed by atoms with E-state index in [1.807, 2.05) is 13.8 Å². The summed E-state index contributed by atoms with van der Waals surface area (Å²) in [6.45, 7) is 8.61. The molecule has 0 aliphatic carbocycles. The van der Waals surface area contributed by atoms with Crippen LogP contribution < -0.4 is 0 Å². The summed E-state index contributed by atoms with van der Waals surface area (Å²) in [6.07, 6.45) is 3.33. The maximum Gasteiger partial charge on any atom is 0.308 e. The van der Waals surface area contributed by atoms with Gasteiger partial charge >= 0.3 is 5.97 Å². The zero-order valence-electron chi connectivity index (χ0n) is 9.30. The van der Waals surface area contributed by atoms with Crippen LogP contribution in [-0.2, 0) is 9.53 Å². The first-order valence-electron chi connectivity index (χ1n) is 5.33. The van der Waals surface area contributed by atoms with Crippen molar-refractivity contribution >= 4 is 5.97 Å². The van der Waals surface area contributed by atoms with Crippen LogP contribution in [0.25, 0.3) is 0 Å². The third kappa shape index (κ3) is 4.30. The highest BCUT2D eigenvalue weighted by Crippen LogP contribution is 2.22. The van der Waals surface area contributed by atoms with Crippen molar-refractivity contribution in [3.63, 3.8) is 0 Å². The van der Waals surface area contributed by atoms with Crippen molar-refractivity contribution in [2.24, 2.45) is 11.8 Å². The number of ether oxygens (including phenoxy) is 1. The van der Waals surface area contributed by atoms with E-state index in [0.29, 0.717) is 12.5 Å². The third-order valence-corrected chi connectivity index (χ3v) is 2.55. The fourth-order valence-electron chi connectivity index (χ4n) is 1.64. The Hall–Kier alpha value is -0.530. The zero-order chi connectivity index (χ0) is 10.3. The van der Waals surface area contributed by atoms with E-state index in [1.165, 1.54) is 0 Å². The molecule has 0 fully saturated rings. The van der Waals surface area contributed by atoms with Crippen molar-refractivity contribution in [3.8, 4) is 0 Å².